The third kappa shape index (κ3) is 2.89. The topological polar surface area (TPSA) is 18.5 Å². The zero-order chi connectivity index (χ0) is 12.5. The van der Waals surface area contributed by atoms with Gasteiger partial charge in [-0.25, -0.2) is 0 Å². The number of likely N-dealkylation sites (tertiary alicyclic amines) is 1. The van der Waals surface area contributed by atoms with Gasteiger partial charge in [0.2, 0.25) is 0 Å². The first-order valence-electron chi connectivity index (χ1n) is 7.90. The van der Waals surface area contributed by atoms with Crippen molar-refractivity contribution in [1.29, 1.82) is 0 Å². The van der Waals surface area contributed by atoms with Crippen molar-refractivity contribution in [2.45, 2.75) is 57.2 Å². The van der Waals surface area contributed by atoms with Crippen molar-refractivity contribution in [1.82, 2.24) is 15.1 Å². The Morgan fingerprint density at radius 3 is 2.56 bits per heavy atom. The van der Waals surface area contributed by atoms with Crippen molar-refractivity contribution in [3.05, 3.63) is 0 Å². The summed E-state index contributed by atoms with van der Waals surface area (Å²) in [4.78, 5) is 5.43. The third-order valence-electron chi connectivity index (χ3n) is 5.25. The number of rotatable bonds is 4. The largest absolute Gasteiger partial charge is 0.317 e. The summed E-state index contributed by atoms with van der Waals surface area (Å²) < 4.78 is 0. The van der Waals surface area contributed by atoms with Gasteiger partial charge in [-0.1, -0.05) is 0 Å². The summed E-state index contributed by atoms with van der Waals surface area (Å²) in [6.07, 6.45) is 7.04. The van der Waals surface area contributed by atoms with Gasteiger partial charge in [0, 0.05) is 31.2 Å². The van der Waals surface area contributed by atoms with Crippen LogP contribution in [0.2, 0.25) is 0 Å². The normalized spacial score (nSPS) is 35.5. The lowest BCUT2D eigenvalue weighted by Gasteiger charge is -2.31. The first kappa shape index (κ1) is 12.9. The van der Waals surface area contributed by atoms with E-state index in [-0.39, 0.29) is 0 Å². The van der Waals surface area contributed by atoms with Gasteiger partial charge < -0.3 is 10.2 Å². The van der Waals surface area contributed by atoms with Crippen molar-refractivity contribution in [2.24, 2.45) is 5.92 Å². The minimum absolute atomic E-state index is 0.815. The van der Waals surface area contributed by atoms with E-state index >= 15 is 0 Å². The zero-order valence-electron chi connectivity index (χ0n) is 12.1. The van der Waals surface area contributed by atoms with Crippen LogP contribution in [0, 0.1) is 5.92 Å². The Kier molecular flexibility index (Phi) is 3.92. The van der Waals surface area contributed by atoms with Crippen LogP contribution in [0.3, 0.4) is 0 Å². The predicted molar refractivity (Wildman–Crippen MR) is 75.8 cm³/mol. The number of hydrogen-bond donors (Lipinski definition) is 1. The molecule has 3 aliphatic rings. The van der Waals surface area contributed by atoms with E-state index in [1.54, 1.807) is 0 Å². The maximum atomic E-state index is 3.47. The Balaban J connectivity index is 1.48. The summed E-state index contributed by atoms with van der Waals surface area (Å²) in [6.45, 7) is 7.53. The second-order valence-corrected chi connectivity index (χ2v) is 6.80. The highest BCUT2D eigenvalue weighted by molar-refractivity contribution is 4.96. The van der Waals surface area contributed by atoms with E-state index < -0.39 is 0 Å². The molecule has 0 radical (unpaired) electrons. The maximum Gasteiger partial charge on any atom is 0.0235 e. The molecule has 2 heterocycles. The van der Waals surface area contributed by atoms with Gasteiger partial charge in [0.1, 0.15) is 0 Å². The maximum absolute atomic E-state index is 3.47. The summed E-state index contributed by atoms with van der Waals surface area (Å²) in [5, 5.41) is 3.47. The predicted octanol–water partition coefficient (Wildman–Crippen LogP) is 1.54. The highest BCUT2D eigenvalue weighted by atomic mass is 15.3. The molecule has 2 aliphatic heterocycles. The van der Waals surface area contributed by atoms with Gasteiger partial charge in [-0.2, -0.15) is 0 Å². The van der Waals surface area contributed by atoms with Gasteiger partial charge >= 0.3 is 0 Å². The number of likely N-dealkylation sites (N-methyl/N-ethyl adjacent to an activating group) is 1. The fourth-order valence-corrected chi connectivity index (χ4v) is 3.88. The molecule has 3 rings (SSSR count). The molecule has 2 unspecified atom stereocenters. The van der Waals surface area contributed by atoms with Crippen LogP contribution >= 0.6 is 0 Å². The van der Waals surface area contributed by atoms with E-state index in [1.165, 1.54) is 58.3 Å². The third-order valence-corrected chi connectivity index (χ3v) is 5.25. The number of nitrogens with one attached hydrogen (secondary N) is 1. The van der Waals surface area contributed by atoms with Crippen LogP contribution in [0.5, 0.6) is 0 Å². The lowest BCUT2D eigenvalue weighted by Crippen LogP contribution is -2.40. The SMILES string of the molecule is CC1CC(N(C)CC2CCNCC2)CN1C1CC1. The van der Waals surface area contributed by atoms with Gasteiger partial charge in [0.05, 0.1) is 0 Å². The Hall–Kier alpha value is -0.120. The van der Waals surface area contributed by atoms with Crippen molar-refractivity contribution >= 4 is 0 Å². The molecule has 0 aromatic carbocycles. The van der Waals surface area contributed by atoms with Crippen molar-refractivity contribution in [3.63, 3.8) is 0 Å². The van der Waals surface area contributed by atoms with Gasteiger partial charge in [-0.15, -0.1) is 0 Å². The summed E-state index contributed by atoms with van der Waals surface area (Å²) in [6, 6.07) is 2.57. The molecule has 0 aromatic rings. The Morgan fingerprint density at radius 2 is 1.89 bits per heavy atom. The lowest BCUT2D eigenvalue weighted by atomic mass is 9.97. The Bertz CT molecular complexity index is 271. The van der Waals surface area contributed by atoms with E-state index in [9.17, 15) is 0 Å². The van der Waals surface area contributed by atoms with E-state index in [2.05, 4.69) is 29.1 Å². The molecule has 0 amide bonds. The molecule has 0 bridgehead atoms. The van der Waals surface area contributed by atoms with Gasteiger partial charge in [0.15, 0.2) is 0 Å². The fourth-order valence-electron chi connectivity index (χ4n) is 3.88. The van der Waals surface area contributed by atoms with E-state index in [0.717, 1.165) is 24.0 Å². The van der Waals surface area contributed by atoms with Crippen molar-refractivity contribution < 1.29 is 0 Å². The monoisotopic (exact) mass is 251 g/mol. The van der Waals surface area contributed by atoms with Crippen LogP contribution in [0.15, 0.2) is 0 Å². The van der Waals surface area contributed by atoms with Crippen LogP contribution in [-0.2, 0) is 0 Å². The molecular weight excluding hydrogens is 222 g/mol. The molecule has 3 heteroatoms. The van der Waals surface area contributed by atoms with Crippen molar-refractivity contribution in [2.75, 3.05) is 33.2 Å². The van der Waals surface area contributed by atoms with Crippen LogP contribution in [0.1, 0.15) is 39.0 Å². The first-order valence-corrected chi connectivity index (χ1v) is 7.90. The summed E-state index contributed by atoms with van der Waals surface area (Å²) >= 11 is 0. The summed E-state index contributed by atoms with van der Waals surface area (Å²) in [5.41, 5.74) is 0. The van der Waals surface area contributed by atoms with Crippen LogP contribution in [0.4, 0.5) is 0 Å². The molecule has 2 saturated heterocycles. The molecule has 3 nitrogen and oxygen atoms in total. The van der Waals surface area contributed by atoms with Crippen LogP contribution in [-0.4, -0.2) is 61.2 Å². The van der Waals surface area contributed by atoms with Crippen molar-refractivity contribution in [3.8, 4) is 0 Å². The minimum Gasteiger partial charge on any atom is -0.317 e. The molecule has 2 atom stereocenters. The fraction of sp³-hybridized carbons (Fsp3) is 1.00. The van der Waals surface area contributed by atoms with E-state index in [0.29, 0.717) is 0 Å². The van der Waals surface area contributed by atoms with Gasteiger partial charge in [0.25, 0.3) is 0 Å². The smallest absolute Gasteiger partial charge is 0.0235 e. The summed E-state index contributed by atoms with van der Waals surface area (Å²) in [7, 11) is 2.36. The quantitative estimate of drug-likeness (QED) is 0.818. The molecule has 1 N–H and O–H groups in total. The molecule has 1 aliphatic carbocycles. The average Bonchev–Trinajstić information content (AvgIpc) is 3.14. The Labute approximate surface area is 112 Å². The first-order chi connectivity index (χ1) is 8.74. The highest BCUT2D eigenvalue weighted by Crippen LogP contribution is 2.34. The zero-order valence-corrected chi connectivity index (χ0v) is 12.1. The number of hydrogen-bond acceptors (Lipinski definition) is 3. The van der Waals surface area contributed by atoms with Gasteiger partial charge in [-0.05, 0) is 65.1 Å². The second-order valence-electron chi connectivity index (χ2n) is 6.80. The molecule has 3 fully saturated rings. The summed E-state index contributed by atoms with van der Waals surface area (Å²) in [5.74, 6) is 0.932. The van der Waals surface area contributed by atoms with Gasteiger partial charge in [-0.3, -0.25) is 4.90 Å². The van der Waals surface area contributed by atoms with Crippen LogP contribution in [0.25, 0.3) is 0 Å². The molecular formula is C15H29N3. The standard InChI is InChI=1S/C15H29N3/c1-12-9-15(11-18(12)14-3-4-14)17(2)10-13-5-7-16-8-6-13/h12-16H,3-11H2,1-2H3. The molecule has 104 valence electrons. The molecule has 0 aromatic heterocycles. The second kappa shape index (κ2) is 5.48. The average molecular weight is 251 g/mol. The molecule has 0 spiro atoms. The lowest BCUT2D eigenvalue weighted by molar-refractivity contribution is 0.181. The molecule has 1 saturated carbocycles. The number of nitrogens with zero attached hydrogens (tertiary/aromatic N) is 2. The Morgan fingerprint density at radius 1 is 1.17 bits per heavy atom. The van der Waals surface area contributed by atoms with Crippen LogP contribution < -0.4 is 5.32 Å². The minimum atomic E-state index is 0.815. The molecule has 18 heavy (non-hydrogen) atoms. The van der Waals surface area contributed by atoms with E-state index in [4.69, 9.17) is 0 Å². The number of piperidine rings is 1. The highest BCUT2D eigenvalue weighted by Gasteiger charge is 2.40. The van der Waals surface area contributed by atoms with E-state index in [1.807, 2.05) is 0 Å².